The summed E-state index contributed by atoms with van der Waals surface area (Å²) in [5, 5.41) is 0.922. The topological polar surface area (TPSA) is 29.5 Å². The van der Waals surface area contributed by atoms with Gasteiger partial charge in [-0.25, -0.2) is 0 Å². The normalized spacial score (nSPS) is 32.1. The van der Waals surface area contributed by atoms with Crippen LogP contribution in [-0.4, -0.2) is 41.4 Å². The fourth-order valence-electron chi connectivity index (χ4n) is 3.07. The molecule has 0 radical (unpaired) electrons. The van der Waals surface area contributed by atoms with Crippen LogP contribution in [0.1, 0.15) is 45.4 Å². The molecule has 1 aliphatic carbocycles. The zero-order valence-electron chi connectivity index (χ0n) is 11.2. The van der Waals surface area contributed by atoms with Crippen molar-refractivity contribution in [3.8, 4) is 0 Å². The van der Waals surface area contributed by atoms with Crippen LogP contribution in [0.5, 0.6) is 0 Å². The fraction of sp³-hybridized carbons (Fsp3) is 0.929. The monoisotopic (exact) mass is 317 g/mol. The Balaban J connectivity index is 1.74. The standard InChI is InChI=1S/C14H24BrNO2/c1-2-18-13-7-11(8-13)9-14(17)16-6-4-3-5-12(16)10-15/h11-13H,2-10H2,1H3. The van der Waals surface area contributed by atoms with Crippen molar-refractivity contribution >= 4 is 21.8 Å². The number of amides is 1. The summed E-state index contributed by atoms with van der Waals surface area (Å²) in [7, 11) is 0. The minimum atomic E-state index is 0.360. The Hall–Kier alpha value is -0.0900. The van der Waals surface area contributed by atoms with Crippen LogP contribution in [0.15, 0.2) is 0 Å². The SMILES string of the molecule is CCOC1CC(CC(=O)N2CCCCC2CBr)C1. The van der Waals surface area contributed by atoms with Gasteiger partial charge in [-0.2, -0.15) is 0 Å². The molecule has 1 atom stereocenters. The van der Waals surface area contributed by atoms with Crippen molar-refractivity contribution in [2.24, 2.45) is 5.92 Å². The van der Waals surface area contributed by atoms with Gasteiger partial charge in [-0.05, 0) is 44.9 Å². The van der Waals surface area contributed by atoms with E-state index in [2.05, 4.69) is 20.8 Å². The number of hydrogen-bond donors (Lipinski definition) is 0. The van der Waals surface area contributed by atoms with Crippen molar-refractivity contribution in [3.05, 3.63) is 0 Å². The number of ether oxygens (including phenoxy) is 1. The summed E-state index contributed by atoms with van der Waals surface area (Å²) in [6.45, 7) is 3.78. The van der Waals surface area contributed by atoms with Gasteiger partial charge in [0.1, 0.15) is 0 Å². The third-order valence-corrected chi connectivity index (χ3v) is 4.93. The molecule has 0 aromatic heterocycles. The second-order valence-corrected chi connectivity index (χ2v) is 6.16. The van der Waals surface area contributed by atoms with Gasteiger partial charge < -0.3 is 9.64 Å². The summed E-state index contributed by atoms with van der Waals surface area (Å²) in [5.74, 6) is 0.922. The molecular formula is C14H24BrNO2. The van der Waals surface area contributed by atoms with Gasteiger partial charge in [0.15, 0.2) is 0 Å². The number of rotatable bonds is 5. The maximum absolute atomic E-state index is 12.3. The zero-order chi connectivity index (χ0) is 13.0. The van der Waals surface area contributed by atoms with E-state index < -0.39 is 0 Å². The Labute approximate surface area is 118 Å². The summed E-state index contributed by atoms with van der Waals surface area (Å²) in [6, 6.07) is 0.425. The maximum Gasteiger partial charge on any atom is 0.223 e. The first kappa shape index (κ1) is 14.3. The molecule has 1 saturated heterocycles. The number of nitrogens with zero attached hydrogens (tertiary/aromatic N) is 1. The van der Waals surface area contributed by atoms with Gasteiger partial charge in [0, 0.05) is 30.9 Å². The highest BCUT2D eigenvalue weighted by Gasteiger charge is 2.34. The molecule has 0 bridgehead atoms. The van der Waals surface area contributed by atoms with E-state index in [0.29, 0.717) is 24.0 Å². The molecule has 0 aromatic carbocycles. The van der Waals surface area contributed by atoms with Gasteiger partial charge in [0.25, 0.3) is 0 Å². The summed E-state index contributed by atoms with van der Waals surface area (Å²) in [5.41, 5.74) is 0. The molecule has 1 aliphatic heterocycles. The van der Waals surface area contributed by atoms with Crippen molar-refractivity contribution in [1.82, 2.24) is 4.90 Å². The molecule has 2 rings (SSSR count). The van der Waals surface area contributed by atoms with Crippen LogP contribution in [0, 0.1) is 5.92 Å². The number of hydrogen-bond acceptors (Lipinski definition) is 2. The van der Waals surface area contributed by atoms with Crippen molar-refractivity contribution in [3.63, 3.8) is 0 Å². The number of piperidine rings is 1. The second-order valence-electron chi connectivity index (χ2n) is 5.51. The van der Waals surface area contributed by atoms with E-state index in [1.54, 1.807) is 0 Å². The first-order chi connectivity index (χ1) is 8.74. The molecule has 2 aliphatic rings. The molecule has 18 heavy (non-hydrogen) atoms. The minimum absolute atomic E-state index is 0.360. The molecule has 0 aromatic rings. The smallest absolute Gasteiger partial charge is 0.223 e. The average molecular weight is 318 g/mol. The van der Waals surface area contributed by atoms with E-state index in [0.717, 1.165) is 44.2 Å². The van der Waals surface area contributed by atoms with Crippen molar-refractivity contribution < 1.29 is 9.53 Å². The molecule has 1 amide bonds. The predicted molar refractivity (Wildman–Crippen MR) is 75.9 cm³/mol. The van der Waals surface area contributed by atoms with Crippen molar-refractivity contribution in [1.29, 1.82) is 0 Å². The van der Waals surface area contributed by atoms with Gasteiger partial charge in [-0.15, -0.1) is 0 Å². The second kappa shape index (κ2) is 6.90. The Morgan fingerprint density at radius 2 is 2.17 bits per heavy atom. The van der Waals surface area contributed by atoms with Crippen LogP contribution >= 0.6 is 15.9 Å². The highest BCUT2D eigenvalue weighted by atomic mass is 79.9. The lowest BCUT2D eigenvalue weighted by molar-refractivity contribution is -0.137. The number of likely N-dealkylation sites (tertiary alicyclic amines) is 1. The average Bonchev–Trinajstić information content (AvgIpc) is 2.36. The largest absolute Gasteiger partial charge is 0.378 e. The van der Waals surface area contributed by atoms with E-state index in [9.17, 15) is 4.79 Å². The molecule has 3 nitrogen and oxygen atoms in total. The number of carbonyl (C=O) groups excluding carboxylic acids is 1. The molecule has 0 spiro atoms. The molecule has 4 heteroatoms. The van der Waals surface area contributed by atoms with E-state index >= 15 is 0 Å². The van der Waals surface area contributed by atoms with E-state index in [4.69, 9.17) is 4.74 Å². The lowest BCUT2D eigenvalue weighted by atomic mass is 9.79. The van der Waals surface area contributed by atoms with Crippen LogP contribution in [0.4, 0.5) is 0 Å². The highest BCUT2D eigenvalue weighted by molar-refractivity contribution is 9.09. The van der Waals surface area contributed by atoms with Crippen LogP contribution in [0.2, 0.25) is 0 Å². The number of alkyl halides is 1. The summed E-state index contributed by atoms with van der Waals surface area (Å²) < 4.78 is 5.54. The van der Waals surface area contributed by atoms with Gasteiger partial charge in [0.05, 0.1) is 6.10 Å². The molecule has 1 saturated carbocycles. The lowest BCUT2D eigenvalue weighted by Crippen LogP contribution is -2.46. The molecule has 2 fully saturated rings. The molecule has 0 N–H and O–H groups in total. The van der Waals surface area contributed by atoms with E-state index in [-0.39, 0.29) is 0 Å². The Bertz CT molecular complexity index is 279. The lowest BCUT2D eigenvalue weighted by Gasteiger charge is -2.39. The van der Waals surface area contributed by atoms with E-state index in [1.165, 1.54) is 12.8 Å². The number of halogens is 1. The van der Waals surface area contributed by atoms with Gasteiger partial charge >= 0.3 is 0 Å². The summed E-state index contributed by atoms with van der Waals surface area (Å²) in [6.07, 6.45) is 6.88. The Morgan fingerprint density at radius 3 is 2.83 bits per heavy atom. The Morgan fingerprint density at radius 1 is 1.39 bits per heavy atom. The quantitative estimate of drug-likeness (QED) is 0.730. The molecular weight excluding hydrogens is 294 g/mol. The molecule has 1 unspecified atom stereocenters. The van der Waals surface area contributed by atoms with Crippen LogP contribution in [0.3, 0.4) is 0 Å². The minimum Gasteiger partial charge on any atom is -0.378 e. The first-order valence-corrected chi connectivity index (χ1v) is 8.33. The molecule has 1 heterocycles. The van der Waals surface area contributed by atoms with E-state index in [1.807, 2.05) is 6.92 Å². The van der Waals surface area contributed by atoms with Crippen LogP contribution in [-0.2, 0) is 9.53 Å². The van der Waals surface area contributed by atoms with Gasteiger partial charge in [-0.3, -0.25) is 4.79 Å². The highest BCUT2D eigenvalue weighted by Crippen LogP contribution is 2.33. The third kappa shape index (κ3) is 3.47. The first-order valence-electron chi connectivity index (χ1n) is 7.21. The van der Waals surface area contributed by atoms with Crippen molar-refractivity contribution in [2.75, 3.05) is 18.5 Å². The summed E-state index contributed by atoms with van der Waals surface area (Å²) in [4.78, 5) is 14.4. The summed E-state index contributed by atoms with van der Waals surface area (Å²) >= 11 is 3.53. The van der Waals surface area contributed by atoms with Gasteiger partial charge in [-0.1, -0.05) is 15.9 Å². The van der Waals surface area contributed by atoms with Crippen LogP contribution < -0.4 is 0 Å². The van der Waals surface area contributed by atoms with Crippen LogP contribution in [0.25, 0.3) is 0 Å². The Kier molecular flexibility index (Phi) is 5.49. The van der Waals surface area contributed by atoms with Crippen molar-refractivity contribution in [2.45, 2.75) is 57.6 Å². The van der Waals surface area contributed by atoms with Gasteiger partial charge in [0.2, 0.25) is 5.91 Å². The third-order valence-electron chi connectivity index (χ3n) is 4.18. The predicted octanol–water partition coefficient (Wildman–Crippen LogP) is 2.97. The fourth-order valence-corrected chi connectivity index (χ4v) is 3.74. The zero-order valence-corrected chi connectivity index (χ0v) is 12.8. The molecule has 104 valence electrons. The number of carbonyl (C=O) groups is 1. The maximum atomic E-state index is 12.3.